The molecule has 0 saturated heterocycles. The topological polar surface area (TPSA) is 66.0 Å². The Kier molecular flexibility index (Phi) is 12.8. The molecule has 25 heavy (non-hydrogen) atoms. The molecule has 0 bridgehead atoms. The Balaban J connectivity index is 1.90. The van der Waals surface area contributed by atoms with Gasteiger partial charge in [-0.25, -0.2) is 0 Å². The molecule has 6 nitrogen and oxygen atoms in total. The van der Waals surface area contributed by atoms with E-state index in [1.54, 1.807) is 0 Å². The van der Waals surface area contributed by atoms with E-state index in [1.165, 1.54) is 0 Å². The molecule has 0 atom stereocenters. The summed E-state index contributed by atoms with van der Waals surface area (Å²) in [6.45, 7) is 9.55. The molecule has 1 N–H and O–H groups in total. The van der Waals surface area contributed by atoms with Gasteiger partial charge >= 0.3 is 0 Å². The second-order valence-corrected chi connectivity index (χ2v) is 5.51. The fourth-order valence-electron chi connectivity index (χ4n) is 2.14. The van der Waals surface area contributed by atoms with Crippen molar-refractivity contribution in [3.05, 3.63) is 29.3 Å². The zero-order chi connectivity index (χ0) is 18.2. The molecule has 0 heterocycles. The van der Waals surface area contributed by atoms with Gasteiger partial charge in [-0.2, -0.15) is 0 Å². The van der Waals surface area contributed by atoms with Crippen LogP contribution in [0.3, 0.4) is 0 Å². The number of carbonyl (C=O) groups is 1. The molecule has 0 spiro atoms. The molecule has 1 rings (SSSR count). The SMILES string of the molecule is CCCOCCOCCOCCOCCNc1cccc(C=O)c1C. The maximum Gasteiger partial charge on any atom is 0.150 e. The van der Waals surface area contributed by atoms with Crippen molar-refractivity contribution >= 4 is 12.0 Å². The van der Waals surface area contributed by atoms with Gasteiger partial charge in [-0.05, 0) is 25.0 Å². The van der Waals surface area contributed by atoms with E-state index >= 15 is 0 Å². The van der Waals surface area contributed by atoms with E-state index in [1.807, 2.05) is 25.1 Å². The van der Waals surface area contributed by atoms with Crippen LogP contribution in [0.5, 0.6) is 0 Å². The molecule has 0 amide bonds. The zero-order valence-electron chi connectivity index (χ0n) is 15.4. The molecule has 0 saturated carbocycles. The van der Waals surface area contributed by atoms with Gasteiger partial charge in [0.15, 0.2) is 0 Å². The zero-order valence-corrected chi connectivity index (χ0v) is 15.4. The highest BCUT2D eigenvalue weighted by molar-refractivity contribution is 5.80. The van der Waals surface area contributed by atoms with Gasteiger partial charge in [0.25, 0.3) is 0 Å². The average molecular weight is 353 g/mol. The van der Waals surface area contributed by atoms with Crippen molar-refractivity contribution in [2.45, 2.75) is 20.3 Å². The number of aldehydes is 1. The van der Waals surface area contributed by atoms with Gasteiger partial charge in [-0.15, -0.1) is 0 Å². The molecule has 0 fully saturated rings. The number of benzene rings is 1. The van der Waals surface area contributed by atoms with Crippen LogP contribution in [0.2, 0.25) is 0 Å². The molecule has 142 valence electrons. The number of rotatable bonds is 16. The first-order chi connectivity index (χ1) is 12.3. The average Bonchev–Trinajstić information content (AvgIpc) is 2.63. The molecular formula is C19H31NO5. The third-order valence-electron chi connectivity index (χ3n) is 3.53. The molecule has 0 unspecified atom stereocenters. The van der Waals surface area contributed by atoms with E-state index in [0.29, 0.717) is 58.4 Å². The van der Waals surface area contributed by atoms with Crippen LogP contribution < -0.4 is 5.32 Å². The first-order valence-corrected chi connectivity index (χ1v) is 8.89. The normalized spacial score (nSPS) is 10.8. The van der Waals surface area contributed by atoms with Crippen molar-refractivity contribution in [1.29, 1.82) is 0 Å². The Bertz CT molecular complexity index is 467. The Morgan fingerprint density at radius 1 is 0.880 bits per heavy atom. The summed E-state index contributed by atoms with van der Waals surface area (Å²) < 4.78 is 21.6. The van der Waals surface area contributed by atoms with Gasteiger partial charge in [0.2, 0.25) is 0 Å². The number of ether oxygens (including phenoxy) is 4. The molecule has 0 aromatic heterocycles. The Labute approximate surface area is 150 Å². The van der Waals surface area contributed by atoms with Gasteiger partial charge in [-0.3, -0.25) is 4.79 Å². The summed E-state index contributed by atoms with van der Waals surface area (Å²) in [5, 5.41) is 3.27. The smallest absolute Gasteiger partial charge is 0.150 e. The van der Waals surface area contributed by atoms with Crippen LogP contribution in [-0.2, 0) is 18.9 Å². The maximum absolute atomic E-state index is 10.9. The van der Waals surface area contributed by atoms with E-state index in [4.69, 9.17) is 18.9 Å². The van der Waals surface area contributed by atoms with Crippen LogP contribution in [0.15, 0.2) is 18.2 Å². The second-order valence-electron chi connectivity index (χ2n) is 5.51. The van der Waals surface area contributed by atoms with Crippen LogP contribution in [0, 0.1) is 6.92 Å². The van der Waals surface area contributed by atoms with Crippen LogP contribution in [0.4, 0.5) is 5.69 Å². The van der Waals surface area contributed by atoms with Crippen LogP contribution >= 0.6 is 0 Å². The lowest BCUT2D eigenvalue weighted by Crippen LogP contribution is -2.15. The standard InChI is InChI=1S/C19H31NO5/c1-3-8-22-10-12-24-14-15-25-13-11-23-9-7-20-19-6-4-5-18(16-21)17(19)2/h4-6,16,20H,3,7-15H2,1-2H3. The highest BCUT2D eigenvalue weighted by Crippen LogP contribution is 2.16. The molecule has 1 aromatic rings. The summed E-state index contributed by atoms with van der Waals surface area (Å²) in [5.74, 6) is 0. The van der Waals surface area contributed by atoms with Crippen molar-refractivity contribution in [2.24, 2.45) is 0 Å². The van der Waals surface area contributed by atoms with E-state index in [-0.39, 0.29) is 0 Å². The number of anilines is 1. The number of hydrogen-bond donors (Lipinski definition) is 1. The molecular weight excluding hydrogens is 322 g/mol. The van der Waals surface area contributed by atoms with E-state index < -0.39 is 0 Å². The van der Waals surface area contributed by atoms with Gasteiger partial charge in [0, 0.05) is 24.4 Å². The minimum Gasteiger partial charge on any atom is -0.382 e. The number of carbonyl (C=O) groups excluding carboxylic acids is 1. The van der Waals surface area contributed by atoms with Crippen molar-refractivity contribution in [3.63, 3.8) is 0 Å². The molecule has 0 aliphatic carbocycles. The van der Waals surface area contributed by atoms with E-state index in [2.05, 4.69) is 12.2 Å². The largest absolute Gasteiger partial charge is 0.382 e. The lowest BCUT2D eigenvalue weighted by molar-refractivity contribution is -0.000686. The Morgan fingerprint density at radius 3 is 2.00 bits per heavy atom. The predicted octanol–water partition coefficient (Wildman–Crippen LogP) is 2.70. The fourth-order valence-corrected chi connectivity index (χ4v) is 2.14. The summed E-state index contributed by atoms with van der Waals surface area (Å²) >= 11 is 0. The van der Waals surface area contributed by atoms with Crippen molar-refractivity contribution in [3.8, 4) is 0 Å². The monoisotopic (exact) mass is 353 g/mol. The van der Waals surface area contributed by atoms with Crippen LogP contribution in [0.1, 0.15) is 29.3 Å². The summed E-state index contributed by atoms with van der Waals surface area (Å²) in [5.41, 5.74) is 2.63. The third-order valence-corrected chi connectivity index (χ3v) is 3.53. The van der Waals surface area contributed by atoms with Crippen molar-refractivity contribution < 1.29 is 23.7 Å². The molecule has 1 aromatic carbocycles. The van der Waals surface area contributed by atoms with Gasteiger partial charge in [0.1, 0.15) is 6.29 Å². The third kappa shape index (κ3) is 10.2. The quantitative estimate of drug-likeness (QED) is 0.364. The summed E-state index contributed by atoms with van der Waals surface area (Å²) in [4.78, 5) is 10.9. The van der Waals surface area contributed by atoms with Gasteiger partial charge in [0.05, 0.1) is 46.2 Å². The van der Waals surface area contributed by atoms with Crippen molar-refractivity contribution in [1.82, 2.24) is 0 Å². The highest BCUT2D eigenvalue weighted by Gasteiger charge is 2.02. The predicted molar refractivity (Wildman–Crippen MR) is 98.6 cm³/mol. The fraction of sp³-hybridized carbons (Fsp3) is 0.632. The van der Waals surface area contributed by atoms with Crippen molar-refractivity contribution in [2.75, 3.05) is 64.7 Å². The summed E-state index contributed by atoms with van der Waals surface area (Å²) in [6.07, 6.45) is 1.90. The first kappa shape index (κ1) is 21.6. The van der Waals surface area contributed by atoms with Crippen LogP contribution in [0.25, 0.3) is 0 Å². The number of hydrogen-bond acceptors (Lipinski definition) is 6. The minimum absolute atomic E-state index is 0.550. The molecule has 0 radical (unpaired) electrons. The van der Waals surface area contributed by atoms with Gasteiger partial charge in [-0.1, -0.05) is 19.1 Å². The minimum atomic E-state index is 0.550. The van der Waals surface area contributed by atoms with E-state index in [0.717, 1.165) is 30.6 Å². The highest BCUT2D eigenvalue weighted by atomic mass is 16.6. The maximum atomic E-state index is 10.9. The van der Waals surface area contributed by atoms with Crippen LogP contribution in [-0.4, -0.2) is 65.7 Å². The molecule has 6 heteroatoms. The second kappa shape index (κ2) is 14.8. The summed E-state index contributed by atoms with van der Waals surface area (Å²) in [6, 6.07) is 5.63. The Morgan fingerprint density at radius 2 is 1.44 bits per heavy atom. The Hall–Kier alpha value is -1.47. The lowest BCUT2D eigenvalue weighted by Gasteiger charge is -2.11. The summed E-state index contributed by atoms with van der Waals surface area (Å²) in [7, 11) is 0. The number of nitrogens with one attached hydrogen (secondary N) is 1. The first-order valence-electron chi connectivity index (χ1n) is 8.89. The molecule has 0 aliphatic heterocycles. The van der Waals surface area contributed by atoms with E-state index in [9.17, 15) is 4.79 Å². The lowest BCUT2D eigenvalue weighted by atomic mass is 10.1. The van der Waals surface area contributed by atoms with Gasteiger partial charge < -0.3 is 24.3 Å². The molecule has 0 aliphatic rings.